The normalized spacial score (nSPS) is 12.5. The molecule has 3 heteroatoms. The van der Waals surface area contributed by atoms with Crippen LogP contribution in [0.3, 0.4) is 0 Å². The molecule has 0 saturated heterocycles. The summed E-state index contributed by atoms with van der Waals surface area (Å²) in [4.78, 5) is 0. The minimum Gasteiger partial charge on any atom is -0.440 e. The number of benzene rings is 1. The summed E-state index contributed by atoms with van der Waals surface area (Å²) in [6.45, 7) is -1.43. The van der Waals surface area contributed by atoms with Crippen LogP contribution in [-0.4, -0.2) is 13.6 Å². The third-order valence-electron chi connectivity index (χ3n) is 1.17. The Kier molecular flexibility index (Phi) is 2.89. The van der Waals surface area contributed by atoms with Gasteiger partial charge in [-0.3, -0.25) is 0 Å². The van der Waals surface area contributed by atoms with Crippen molar-refractivity contribution in [1.82, 2.24) is 0 Å². The van der Waals surface area contributed by atoms with Crippen molar-refractivity contribution in [3.63, 3.8) is 0 Å². The Morgan fingerprint density at radius 2 is 1.91 bits per heavy atom. The molecule has 0 heterocycles. The van der Waals surface area contributed by atoms with Crippen molar-refractivity contribution in [2.75, 3.05) is 7.11 Å². The summed E-state index contributed by atoms with van der Waals surface area (Å²) in [7, 11) is 1.31. The summed E-state index contributed by atoms with van der Waals surface area (Å²) in [6.07, 6.45) is 0. The molecular weight excluding hydrogens is 144 g/mol. The smallest absolute Gasteiger partial charge is 0.344 e. The molecule has 0 N–H and O–H groups in total. The topological polar surface area (TPSA) is 38.4 Å². The van der Waals surface area contributed by atoms with Crippen LogP contribution in [0.15, 0.2) is 30.3 Å². The van der Waals surface area contributed by atoms with Gasteiger partial charge < -0.3 is 9.47 Å². The average Bonchev–Trinajstić information content (AvgIpc) is 2.06. The molecular formula is C8H9O3. The molecule has 0 fully saturated rings. The molecule has 1 rings (SSSR count). The second-order valence-electron chi connectivity index (χ2n) is 1.96. The Morgan fingerprint density at radius 1 is 1.27 bits per heavy atom. The predicted octanol–water partition coefficient (Wildman–Crippen LogP) is 1.43. The number of hydrogen-bond donors (Lipinski definition) is 0. The zero-order valence-electron chi connectivity index (χ0n) is 6.19. The van der Waals surface area contributed by atoms with E-state index in [2.05, 4.69) is 4.74 Å². The molecule has 1 aromatic carbocycles. The molecule has 0 bridgehead atoms. The molecule has 11 heavy (non-hydrogen) atoms. The third kappa shape index (κ3) is 2.57. The Labute approximate surface area is 65.2 Å². The highest BCUT2D eigenvalue weighted by Crippen LogP contribution is 2.09. The second kappa shape index (κ2) is 3.95. The van der Waals surface area contributed by atoms with Crippen LogP contribution in [0, 0.1) is 0 Å². The van der Waals surface area contributed by atoms with Gasteiger partial charge in [-0.25, -0.2) is 0 Å². The largest absolute Gasteiger partial charge is 0.440 e. The van der Waals surface area contributed by atoms with Crippen LogP contribution in [0.2, 0.25) is 0 Å². The zero-order chi connectivity index (χ0) is 8.10. The van der Waals surface area contributed by atoms with Crippen molar-refractivity contribution in [3.05, 3.63) is 30.3 Å². The Bertz CT molecular complexity index is 198. The van der Waals surface area contributed by atoms with E-state index in [4.69, 9.17) is 4.74 Å². The van der Waals surface area contributed by atoms with Crippen LogP contribution >= 0.6 is 0 Å². The van der Waals surface area contributed by atoms with Gasteiger partial charge in [-0.05, 0) is 12.1 Å². The maximum atomic E-state index is 10.6. The molecule has 0 saturated carbocycles. The second-order valence-corrected chi connectivity index (χ2v) is 1.96. The van der Waals surface area contributed by atoms with Crippen molar-refractivity contribution in [2.45, 2.75) is 6.48 Å². The summed E-state index contributed by atoms with van der Waals surface area (Å²) in [6, 6.07) is 8.82. The van der Waals surface area contributed by atoms with Gasteiger partial charge in [0.05, 0.1) is 0 Å². The van der Waals surface area contributed by atoms with E-state index >= 15 is 0 Å². The minimum atomic E-state index is -1.43. The predicted molar refractivity (Wildman–Crippen MR) is 38.6 cm³/mol. The molecule has 1 unspecified atom stereocenters. The summed E-state index contributed by atoms with van der Waals surface area (Å²) in [5.41, 5.74) is 0. The van der Waals surface area contributed by atoms with E-state index in [-0.39, 0.29) is 0 Å². The molecule has 3 nitrogen and oxygen atoms in total. The highest BCUT2D eigenvalue weighted by Gasteiger charge is 2.02. The van der Waals surface area contributed by atoms with Gasteiger partial charge in [0.25, 0.3) is 0 Å². The average molecular weight is 153 g/mol. The minimum absolute atomic E-state index is 0.523. The van der Waals surface area contributed by atoms with Gasteiger partial charge in [0.1, 0.15) is 5.75 Å². The first kappa shape index (κ1) is 8.04. The molecule has 0 aliphatic heterocycles. The number of methoxy groups -OCH3 is 1. The van der Waals surface area contributed by atoms with Crippen LogP contribution in [0.1, 0.15) is 0 Å². The van der Waals surface area contributed by atoms with Gasteiger partial charge >= 0.3 is 6.48 Å². The number of hydrogen-bond acceptors (Lipinski definition) is 2. The molecule has 1 aromatic rings. The first-order valence-corrected chi connectivity index (χ1v) is 3.23. The van der Waals surface area contributed by atoms with Crippen LogP contribution < -0.4 is 4.74 Å². The lowest BCUT2D eigenvalue weighted by atomic mass is 10.3. The van der Waals surface area contributed by atoms with Gasteiger partial charge in [0.15, 0.2) is 0 Å². The fourth-order valence-electron chi connectivity index (χ4n) is 0.658. The first-order valence-electron chi connectivity index (χ1n) is 3.23. The third-order valence-corrected chi connectivity index (χ3v) is 1.17. The molecule has 0 spiro atoms. The van der Waals surface area contributed by atoms with Crippen molar-refractivity contribution in [1.29, 1.82) is 0 Å². The first-order chi connectivity index (χ1) is 5.33. The van der Waals surface area contributed by atoms with Crippen molar-refractivity contribution in [2.24, 2.45) is 0 Å². The van der Waals surface area contributed by atoms with Crippen molar-refractivity contribution < 1.29 is 14.6 Å². The quantitative estimate of drug-likeness (QED) is 0.616. The van der Waals surface area contributed by atoms with Crippen LogP contribution in [0.25, 0.3) is 0 Å². The lowest BCUT2D eigenvalue weighted by Crippen LogP contribution is -2.15. The lowest BCUT2D eigenvalue weighted by molar-refractivity contribution is -0.235. The van der Waals surface area contributed by atoms with E-state index in [1.54, 1.807) is 24.3 Å². The van der Waals surface area contributed by atoms with E-state index in [0.717, 1.165) is 0 Å². The van der Waals surface area contributed by atoms with Crippen LogP contribution in [0.5, 0.6) is 5.75 Å². The summed E-state index contributed by atoms with van der Waals surface area (Å²) < 4.78 is 9.16. The maximum absolute atomic E-state index is 10.6. The lowest BCUT2D eigenvalue weighted by Gasteiger charge is -2.07. The standard InChI is InChI=1S/C8H9O3/c1-10-8(9)11-7-5-3-2-4-6-7/h2-6,8H,1H3. The molecule has 0 amide bonds. The van der Waals surface area contributed by atoms with E-state index in [9.17, 15) is 5.11 Å². The van der Waals surface area contributed by atoms with Crippen LogP contribution in [-0.2, 0) is 9.84 Å². The molecule has 59 valence electrons. The molecule has 1 atom stereocenters. The number of rotatable bonds is 3. The highest BCUT2D eigenvalue weighted by atomic mass is 16.8. The molecule has 0 aliphatic rings. The van der Waals surface area contributed by atoms with Crippen molar-refractivity contribution in [3.8, 4) is 5.75 Å². The maximum Gasteiger partial charge on any atom is 0.344 e. The zero-order valence-corrected chi connectivity index (χ0v) is 6.19. The number of para-hydroxylation sites is 1. The van der Waals surface area contributed by atoms with E-state index < -0.39 is 6.48 Å². The fourth-order valence-corrected chi connectivity index (χ4v) is 0.658. The van der Waals surface area contributed by atoms with Crippen LogP contribution in [0.4, 0.5) is 0 Å². The fraction of sp³-hybridized carbons (Fsp3) is 0.250. The van der Waals surface area contributed by atoms with Gasteiger partial charge in [-0.1, -0.05) is 18.2 Å². The number of ether oxygens (including phenoxy) is 2. The van der Waals surface area contributed by atoms with E-state index in [0.29, 0.717) is 5.75 Å². The monoisotopic (exact) mass is 153 g/mol. The van der Waals surface area contributed by atoms with Gasteiger partial charge in [-0.15, -0.1) is 0 Å². The van der Waals surface area contributed by atoms with E-state index in [1.165, 1.54) is 7.11 Å². The summed E-state index contributed by atoms with van der Waals surface area (Å²) in [5, 5.41) is 10.6. The Hall–Kier alpha value is -1.06. The SMILES string of the molecule is COC([O])Oc1ccccc1. The van der Waals surface area contributed by atoms with Gasteiger partial charge in [0.2, 0.25) is 0 Å². The van der Waals surface area contributed by atoms with Crippen molar-refractivity contribution >= 4 is 0 Å². The molecule has 1 radical (unpaired) electrons. The highest BCUT2D eigenvalue weighted by molar-refractivity contribution is 5.20. The molecule has 0 aromatic heterocycles. The Morgan fingerprint density at radius 3 is 2.45 bits per heavy atom. The van der Waals surface area contributed by atoms with Gasteiger partial charge in [-0.2, -0.15) is 5.11 Å². The van der Waals surface area contributed by atoms with E-state index in [1.807, 2.05) is 6.07 Å². The summed E-state index contributed by atoms with van der Waals surface area (Å²) in [5.74, 6) is 0.523. The Balaban J connectivity index is 2.51. The molecule has 0 aliphatic carbocycles. The van der Waals surface area contributed by atoms with Gasteiger partial charge in [0, 0.05) is 7.11 Å². The summed E-state index contributed by atoms with van der Waals surface area (Å²) >= 11 is 0.